The molecule has 0 atom stereocenters. The Morgan fingerprint density at radius 1 is 1.35 bits per heavy atom. The summed E-state index contributed by atoms with van der Waals surface area (Å²) in [5, 5.41) is 0.911. The number of rotatable bonds is 4. The molecule has 4 nitrogen and oxygen atoms in total. The lowest BCUT2D eigenvalue weighted by molar-refractivity contribution is 0.634. The van der Waals surface area contributed by atoms with Crippen LogP contribution in [0.25, 0.3) is 10.7 Å². The summed E-state index contributed by atoms with van der Waals surface area (Å²) in [6.07, 6.45) is 6.04. The minimum Gasteiger partial charge on any atom is -0.326 e. The molecule has 2 aromatic heterocycles. The Balaban J connectivity index is 2.34. The summed E-state index contributed by atoms with van der Waals surface area (Å²) < 4.78 is 0. The fraction of sp³-hybridized carbons (Fsp3) is 0.417. The normalized spacial score (nSPS) is 11.1. The van der Waals surface area contributed by atoms with Crippen molar-refractivity contribution in [2.75, 3.05) is 0 Å². The highest BCUT2D eigenvalue weighted by Gasteiger charge is 2.13. The molecule has 0 saturated carbocycles. The average Bonchev–Trinajstić information content (AvgIpc) is 2.72. The number of nitrogens with zero attached hydrogens (tertiary/aromatic N) is 3. The molecule has 0 aliphatic carbocycles. The first-order chi connectivity index (χ1) is 8.20. The Kier molecular flexibility index (Phi) is 3.81. The van der Waals surface area contributed by atoms with Gasteiger partial charge in [0.1, 0.15) is 10.7 Å². The van der Waals surface area contributed by atoms with Gasteiger partial charge in [0.2, 0.25) is 0 Å². The molecule has 0 fully saturated rings. The van der Waals surface area contributed by atoms with E-state index in [-0.39, 0.29) is 0 Å². The summed E-state index contributed by atoms with van der Waals surface area (Å²) in [7, 11) is 0. The van der Waals surface area contributed by atoms with Gasteiger partial charge in [0.05, 0.1) is 11.9 Å². The molecule has 2 heterocycles. The maximum Gasteiger partial charge on any atom is 0.144 e. The van der Waals surface area contributed by atoms with E-state index >= 15 is 0 Å². The van der Waals surface area contributed by atoms with Crippen molar-refractivity contribution < 1.29 is 0 Å². The molecule has 2 N–H and O–H groups in total. The molecule has 0 saturated heterocycles. The van der Waals surface area contributed by atoms with Gasteiger partial charge in [-0.25, -0.2) is 4.98 Å². The van der Waals surface area contributed by atoms with Crippen molar-refractivity contribution >= 4 is 11.3 Å². The molecule has 17 heavy (non-hydrogen) atoms. The first-order valence-electron chi connectivity index (χ1n) is 5.65. The first-order valence-corrected chi connectivity index (χ1v) is 6.47. The van der Waals surface area contributed by atoms with Gasteiger partial charge in [-0.15, -0.1) is 11.3 Å². The molecule has 0 spiro atoms. The van der Waals surface area contributed by atoms with Gasteiger partial charge in [-0.3, -0.25) is 9.97 Å². The van der Waals surface area contributed by atoms with Crippen molar-refractivity contribution in [3.05, 3.63) is 29.2 Å². The summed E-state index contributed by atoms with van der Waals surface area (Å²) in [4.78, 5) is 14.1. The second-order valence-corrected chi connectivity index (χ2v) is 5.37. The van der Waals surface area contributed by atoms with Crippen LogP contribution in [0.3, 0.4) is 0 Å². The highest BCUT2D eigenvalue weighted by molar-refractivity contribution is 7.15. The highest BCUT2D eigenvalue weighted by Crippen LogP contribution is 2.27. The van der Waals surface area contributed by atoms with E-state index in [4.69, 9.17) is 5.73 Å². The Hall–Kier alpha value is -1.33. The van der Waals surface area contributed by atoms with Crippen molar-refractivity contribution in [2.24, 2.45) is 11.7 Å². The van der Waals surface area contributed by atoms with Crippen LogP contribution in [0.5, 0.6) is 0 Å². The number of thiazole rings is 1. The van der Waals surface area contributed by atoms with Gasteiger partial charge >= 0.3 is 0 Å². The third-order valence-corrected chi connectivity index (χ3v) is 3.49. The number of hydrogen-bond acceptors (Lipinski definition) is 5. The molecule has 0 aliphatic heterocycles. The van der Waals surface area contributed by atoms with Gasteiger partial charge < -0.3 is 5.73 Å². The molecule has 0 aromatic carbocycles. The molecule has 2 rings (SSSR count). The van der Waals surface area contributed by atoms with Crippen LogP contribution in [0.1, 0.15) is 24.4 Å². The van der Waals surface area contributed by atoms with Gasteiger partial charge in [-0.05, 0) is 12.3 Å². The second kappa shape index (κ2) is 5.33. The van der Waals surface area contributed by atoms with Gasteiger partial charge in [-0.2, -0.15) is 0 Å². The third-order valence-electron chi connectivity index (χ3n) is 2.35. The molecule has 90 valence electrons. The zero-order chi connectivity index (χ0) is 12.3. The summed E-state index contributed by atoms with van der Waals surface area (Å²) >= 11 is 1.62. The number of nitrogens with two attached hydrogens (primary N) is 1. The molecule has 2 aromatic rings. The molecule has 5 heteroatoms. The van der Waals surface area contributed by atoms with Crippen LogP contribution in [-0.2, 0) is 13.0 Å². The largest absolute Gasteiger partial charge is 0.326 e. The van der Waals surface area contributed by atoms with E-state index in [1.807, 2.05) is 0 Å². The van der Waals surface area contributed by atoms with Crippen LogP contribution in [0.15, 0.2) is 18.6 Å². The highest BCUT2D eigenvalue weighted by atomic mass is 32.1. The standard InChI is InChI=1S/C12H16N4S/c1-8(2)5-9-11(6-13)17-12(16-9)10-7-14-3-4-15-10/h3-4,7-8H,5-6,13H2,1-2H3. The van der Waals surface area contributed by atoms with E-state index in [0.29, 0.717) is 12.5 Å². The van der Waals surface area contributed by atoms with Crippen LogP contribution in [0, 0.1) is 5.92 Å². The smallest absolute Gasteiger partial charge is 0.144 e. The number of hydrogen-bond donors (Lipinski definition) is 1. The molecule has 0 unspecified atom stereocenters. The second-order valence-electron chi connectivity index (χ2n) is 4.28. The van der Waals surface area contributed by atoms with Gasteiger partial charge in [0, 0.05) is 23.8 Å². The predicted octanol–water partition coefficient (Wildman–Crippen LogP) is 2.26. The predicted molar refractivity (Wildman–Crippen MR) is 69.6 cm³/mol. The molecular weight excluding hydrogens is 232 g/mol. The molecule has 0 aliphatic rings. The van der Waals surface area contributed by atoms with E-state index in [9.17, 15) is 0 Å². The Morgan fingerprint density at radius 3 is 2.76 bits per heavy atom. The average molecular weight is 248 g/mol. The summed E-state index contributed by atoms with van der Waals surface area (Å²) in [5.74, 6) is 0.581. The van der Waals surface area contributed by atoms with Crippen LogP contribution < -0.4 is 5.73 Å². The minimum absolute atomic E-state index is 0.542. The van der Waals surface area contributed by atoms with Crippen molar-refractivity contribution in [1.82, 2.24) is 15.0 Å². The van der Waals surface area contributed by atoms with Crippen LogP contribution in [-0.4, -0.2) is 15.0 Å². The van der Waals surface area contributed by atoms with Gasteiger partial charge in [0.25, 0.3) is 0 Å². The summed E-state index contributed by atoms with van der Waals surface area (Å²) in [5.41, 5.74) is 7.68. The van der Waals surface area contributed by atoms with E-state index in [0.717, 1.165) is 27.7 Å². The Labute approximate surface area is 105 Å². The maximum atomic E-state index is 5.75. The first kappa shape index (κ1) is 12.1. The summed E-state index contributed by atoms with van der Waals surface area (Å²) in [6, 6.07) is 0. The quantitative estimate of drug-likeness (QED) is 0.901. The number of aromatic nitrogens is 3. The Bertz CT molecular complexity index is 479. The van der Waals surface area contributed by atoms with Crippen molar-refractivity contribution in [2.45, 2.75) is 26.8 Å². The third kappa shape index (κ3) is 2.87. The van der Waals surface area contributed by atoms with Crippen molar-refractivity contribution in [3.63, 3.8) is 0 Å². The van der Waals surface area contributed by atoms with Gasteiger partial charge in [-0.1, -0.05) is 13.8 Å². The molecule has 0 radical (unpaired) electrons. The molecule has 0 amide bonds. The monoisotopic (exact) mass is 248 g/mol. The van der Waals surface area contributed by atoms with E-state index < -0.39 is 0 Å². The lowest BCUT2D eigenvalue weighted by Crippen LogP contribution is -2.02. The lowest BCUT2D eigenvalue weighted by atomic mass is 10.1. The van der Waals surface area contributed by atoms with Crippen LogP contribution in [0.4, 0.5) is 0 Å². The van der Waals surface area contributed by atoms with E-state index in [1.54, 1.807) is 29.9 Å². The maximum absolute atomic E-state index is 5.75. The van der Waals surface area contributed by atoms with Crippen LogP contribution >= 0.6 is 11.3 Å². The molecule has 0 bridgehead atoms. The van der Waals surface area contributed by atoms with E-state index in [1.165, 1.54) is 0 Å². The molecular formula is C12H16N4S. The SMILES string of the molecule is CC(C)Cc1nc(-c2cnccn2)sc1CN. The topological polar surface area (TPSA) is 64.7 Å². The van der Waals surface area contributed by atoms with Gasteiger partial charge in [0.15, 0.2) is 0 Å². The fourth-order valence-electron chi connectivity index (χ4n) is 1.61. The van der Waals surface area contributed by atoms with E-state index in [2.05, 4.69) is 28.8 Å². The summed E-state index contributed by atoms with van der Waals surface area (Å²) in [6.45, 7) is 4.91. The van der Waals surface area contributed by atoms with Crippen molar-refractivity contribution in [1.29, 1.82) is 0 Å². The fourth-order valence-corrected chi connectivity index (χ4v) is 2.54. The minimum atomic E-state index is 0.542. The Morgan fingerprint density at radius 2 is 2.18 bits per heavy atom. The lowest BCUT2D eigenvalue weighted by Gasteiger charge is -2.02. The van der Waals surface area contributed by atoms with Crippen LogP contribution in [0.2, 0.25) is 0 Å². The zero-order valence-electron chi connectivity index (χ0n) is 10.1. The zero-order valence-corrected chi connectivity index (χ0v) is 10.9. The van der Waals surface area contributed by atoms with Crippen molar-refractivity contribution in [3.8, 4) is 10.7 Å².